The van der Waals surface area contributed by atoms with Crippen molar-refractivity contribution in [3.63, 3.8) is 0 Å². The van der Waals surface area contributed by atoms with Crippen molar-refractivity contribution in [2.45, 2.75) is 31.4 Å². The molecule has 2 unspecified atom stereocenters. The summed E-state index contributed by atoms with van der Waals surface area (Å²) < 4.78 is 5.70. The maximum Gasteiger partial charge on any atom is 0.254 e. The van der Waals surface area contributed by atoms with Crippen molar-refractivity contribution >= 4 is 11.6 Å². The molecule has 0 radical (unpaired) electrons. The molecule has 102 valence electrons. The van der Waals surface area contributed by atoms with Gasteiger partial charge in [-0.2, -0.15) is 0 Å². The maximum absolute atomic E-state index is 12.5. The minimum Gasteiger partial charge on any atom is -0.506 e. The van der Waals surface area contributed by atoms with Gasteiger partial charge in [0.1, 0.15) is 5.75 Å². The number of phenolic OH excluding ortho intramolecular Hbond substituents is 1. The molecule has 1 aromatic rings. The number of carbonyl (C=O) groups excluding carboxylic acids is 1. The van der Waals surface area contributed by atoms with Crippen LogP contribution in [-0.4, -0.2) is 41.2 Å². The first kappa shape index (κ1) is 12.3. The van der Waals surface area contributed by atoms with E-state index in [9.17, 15) is 9.90 Å². The number of morpholine rings is 1. The number of rotatable bonds is 1. The molecule has 3 rings (SSSR count). The normalized spacial score (nSPS) is 26.2. The SMILES string of the molecule is Nc1ccc(C(=O)N2CCOC3CCCC32)cc1O. The van der Waals surface area contributed by atoms with Crippen molar-refractivity contribution in [1.29, 1.82) is 0 Å². The number of nitrogens with two attached hydrogens (primary N) is 1. The second-order valence-electron chi connectivity index (χ2n) is 5.18. The van der Waals surface area contributed by atoms with Crippen LogP contribution in [0.2, 0.25) is 0 Å². The fourth-order valence-electron chi connectivity index (χ4n) is 3.02. The van der Waals surface area contributed by atoms with Crippen LogP contribution in [0.4, 0.5) is 5.69 Å². The molecule has 1 aliphatic carbocycles. The predicted molar refractivity (Wildman–Crippen MR) is 70.9 cm³/mol. The van der Waals surface area contributed by atoms with Gasteiger partial charge >= 0.3 is 0 Å². The van der Waals surface area contributed by atoms with E-state index >= 15 is 0 Å². The van der Waals surface area contributed by atoms with Crippen molar-refractivity contribution in [3.05, 3.63) is 23.8 Å². The number of ether oxygens (including phenoxy) is 1. The van der Waals surface area contributed by atoms with Gasteiger partial charge in [-0.15, -0.1) is 0 Å². The number of carbonyl (C=O) groups is 1. The molecule has 0 spiro atoms. The van der Waals surface area contributed by atoms with Gasteiger partial charge in [-0.3, -0.25) is 4.79 Å². The van der Waals surface area contributed by atoms with Gasteiger partial charge < -0.3 is 20.5 Å². The lowest BCUT2D eigenvalue weighted by Gasteiger charge is -2.37. The zero-order chi connectivity index (χ0) is 13.4. The van der Waals surface area contributed by atoms with E-state index in [0.717, 1.165) is 19.3 Å². The molecule has 19 heavy (non-hydrogen) atoms. The Kier molecular flexibility index (Phi) is 3.06. The number of hydrogen-bond donors (Lipinski definition) is 2. The smallest absolute Gasteiger partial charge is 0.254 e. The summed E-state index contributed by atoms with van der Waals surface area (Å²) in [6, 6.07) is 4.85. The van der Waals surface area contributed by atoms with E-state index in [1.54, 1.807) is 12.1 Å². The summed E-state index contributed by atoms with van der Waals surface area (Å²) in [4.78, 5) is 14.4. The number of phenols is 1. The molecule has 2 fully saturated rings. The highest BCUT2D eigenvalue weighted by Gasteiger charge is 2.38. The lowest BCUT2D eigenvalue weighted by Crippen LogP contribution is -2.51. The number of fused-ring (bicyclic) bond motifs is 1. The predicted octanol–water partition coefficient (Wildman–Crippen LogP) is 1.37. The van der Waals surface area contributed by atoms with E-state index in [4.69, 9.17) is 10.5 Å². The summed E-state index contributed by atoms with van der Waals surface area (Å²) in [6.07, 6.45) is 3.31. The summed E-state index contributed by atoms with van der Waals surface area (Å²) in [5, 5.41) is 9.61. The third-order valence-corrected chi connectivity index (χ3v) is 4.02. The van der Waals surface area contributed by atoms with E-state index in [0.29, 0.717) is 18.7 Å². The van der Waals surface area contributed by atoms with Crippen LogP contribution in [0.15, 0.2) is 18.2 Å². The Hall–Kier alpha value is -1.75. The highest BCUT2D eigenvalue weighted by Crippen LogP contribution is 2.31. The Morgan fingerprint density at radius 1 is 1.42 bits per heavy atom. The topological polar surface area (TPSA) is 75.8 Å². The Labute approximate surface area is 112 Å². The van der Waals surface area contributed by atoms with Crippen LogP contribution in [0.3, 0.4) is 0 Å². The molecule has 1 aliphatic heterocycles. The average molecular weight is 262 g/mol. The lowest BCUT2D eigenvalue weighted by atomic mass is 10.1. The van der Waals surface area contributed by atoms with E-state index < -0.39 is 0 Å². The van der Waals surface area contributed by atoms with E-state index in [1.165, 1.54) is 6.07 Å². The first-order valence-electron chi connectivity index (χ1n) is 6.68. The van der Waals surface area contributed by atoms with Crippen molar-refractivity contribution in [1.82, 2.24) is 4.90 Å². The van der Waals surface area contributed by atoms with Crippen LogP contribution >= 0.6 is 0 Å². The molecule has 1 saturated heterocycles. The molecule has 3 N–H and O–H groups in total. The molecule has 1 saturated carbocycles. The number of hydrogen-bond acceptors (Lipinski definition) is 4. The quantitative estimate of drug-likeness (QED) is 0.592. The van der Waals surface area contributed by atoms with Crippen LogP contribution in [0, 0.1) is 0 Å². The zero-order valence-electron chi connectivity index (χ0n) is 10.7. The number of aromatic hydroxyl groups is 1. The van der Waals surface area contributed by atoms with Gasteiger partial charge in [0.15, 0.2) is 0 Å². The van der Waals surface area contributed by atoms with Gasteiger partial charge in [0, 0.05) is 12.1 Å². The Morgan fingerprint density at radius 3 is 3.05 bits per heavy atom. The Balaban J connectivity index is 1.84. The summed E-state index contributed by atoms with van der Waals surface area (Å²) in [5.41, 5.74) is 6.33. The number of anilines is 1. The molecule has 1 aromatic carbocycles. The molecule has 1 amide bonds. The van der Waals surface area contributed by atoms with E-state index in [2.05, 4.69) is 0 Å². The highest BCUT2D eigenvalue weighted by atomic mass is 16.5. The molecule has 5 heteroatoms. The largest absolute Gasteiger partial charge is 0.506 e. The zero-order valence-corrected chi connectivity index (χ0v) is 10.7. The molecule has 1 heterocycles. The lowest BCUT2D eigenvalue weighted by molar-refractivity contribution is -0.0445. The van der Waals surface area contributed by atoms with E-state index in [-0.39, 0.29) is 29.5 Å². The van der Waals surface area contributed by atoms with Gasteiger partial charge in [0.2, 0.25) is 0 Å². The van der Waals surface area contributed by atoms with Crippen molar-refractivity contribution in [2.24, 2.45) is 0 Å². The van der Waals surface area contributed by atoms with Crippen LogP contribution in [0.1, 0.15) is 29.6 Å². The molecule has 2 aliphatic rings. The Morgan fingerprint density at radius 2 is 2.26 bits per heavy atom. The van der Waals surface area contributed by atoms with Crippen molar-refractivity contribution < 1.29 is 14.6 Å². The highest BCUT2D eigenvalue weighted by molar-refractivity contribution is 5.95. The molecule has 2 atom stereocenters. The summed E-state index contributed by atoms with van der Waals surface area (Å²) in [5.74, 6) is -0.0856. The summed E-state index contributed by atoms with van der Waals surface area (Å²) >= 11 is 0. The van der Waals surface area contributed by atoms with Gasteiger partial charge in [-0.1, -0.05) is 0 Å². The number of amides is 1. The Bertz CT molecular complexity index is 503. The number of benzene rings is 1. The van der Waals surface area contributed by atoms with Crippen molar-refractivity contribution in [3.8, 4) is 5.75 Å². The molecular weight excluding hydrogens is 244 g/mol. The summed E-state index contributed by atoms with van der Waals surface area (Å²) in [7, 11) is 0. The standard InChI is InChI=1S/C14H18N2O3/c15-10-5-4-9(8-12(10)17)14(18)16-6-7-19-13-3-1-2-11(13)16/h4-5,8,11,13,17H,1-3,6-7,15H2. The molecule has 0 aromatic heterocycles. The second-order valence-corrected chi connectivity index (χ2v) is 5.18. The first-order valence-corrected chi connectivity index (χ1v) is 6.68. The fourth-order valence-corrected chi connectivity index (χ4v) is 3.02. The van der Waals surface area contributed by atoms with Gasteiger partial charge in [-0.05, 0) is 37.5 Å². The average Bonchev–Trinajstić information content (AvgIpc) is 2.89. The molecule has 0 bridgehead atoms. The van der Waals surface area contributed by atoms with Gasteiger partial charge in [-0.25, -0.2) is 0 Å². The van der Waals surface area contributed by atoms with Gasteiger partial charge in [0.05, 0.1) is 24.4 Å². The van der Waals surface area contributed by atoms with E-state index in [1.807, 2.05) is 4.90 Å². The van der Waals surface area contributed by atoms with Crippen molar-refractivity contribution in [2.75, 3.05) is 18.9 Å². The molecule has 5 nitrogen and oxygen atoms in total. The van der Waals surface area contributed by atoms with Gasteiger partial charge in [0.25, 0.3) is 5.91 Å². The fraction of sp³-hybridized carbons (Fsp3) is 0.500. The third-order valence-electron chi connectivity index (χ3n) is 4.02. The van der Waals surface area contributed by atoms with Crippen LogP contribution in [0.25, 0.3) is 0 Å². The third kappa shape index (κ3) is 2.14. The van der Waals surface area contributed by atoms with Crippen LogP contribution in [0.5, 0.6) is 5.75 Å². The maximum atomic E-state index is 12.5. The first-order chi connectivity index (χ1) is 9.16. The minimum atomic E-state index is -0.0458. The second kappa shape index (κ2) is 4.74. The van der Waals surface area contributed by atoms with Crippen LogP contribution in [-0.2, 0) is 4.74 Å². The summed E-state index contributed by atoms with van der Waals surface area (Å²) in [6.45, 7) is 1.21. The number of nitrogen functional groups attached to an aromatic ring is 1. The minimum absolute atomic E-state index is 0.0397. The molecular formula is C14H18N2O3. The van der Waals surface area contributed by atoms with Crippen LogP contribution < -0.4 is 5.73 Å². The monoisotopic (exact) mass is 262 g/mol. The number of nitrogens with zero attached hydrogens (tertiary/aromatic N) is 1.